The van der Waals surface area contributed by atoms with Gasteiger partial charge in [-0.1, -0.05) is 101 Å². The SMILES string of the molecule is CCCCCCCCOC(C)c1ccc(C(=O)Oc2ccc(-c3ccc(CCCC)cc3)cc2)cc1. The van der Waals surface area contributed by atoms with Crippen molar-refractivity contribution in [3.8, 4) is 16.9 Å². The Labute approximate surface area is 217 Å². The van der Waals surface area contributed by atoms with Gasteiger partial charge in [0.25, 0.3) is 0 Å². The van der Waals surface area contributed by atoms with Crippen molar-refractivity contribution in [3.63, 3.8) is 0 Å². The highest BCUT2D eigenvalue weighted by Gasteiger charge is 2.11. The number of hydrogen-bond acceptors (Lipinski definition) is 3. The summed E-state index contributed by atoms with van der Waals surface area (Å²) in [4.78, 5) is 12.6. The van der Waals surface area contributed by atoms with Crippen molar-refractivity contribution in [3.05, 3.63) is 89.5 Å². The van der Waals surface area contributed by atoms with Crippen LogP contribution < -0.4 is 4.74 Å². The van der Waals surface area contributed by atoms with Crippen LogP contribution in [0.25, 0.3) is 11.1 Å². The molecule has 3 aromatic rings. The Morgan fingerprint density at radius 1 is 0.694 bits per heavy atom. The number of rotatable bonds is 15. The van der Waals surface area contributed by atoms with Gasteiger partial charge in [-0.05, 0) is 72.7 Å². The summed E-state index contributed by atoms with van der Waals surface area (Å²) >= 11 is 0. The molecule has 0 spiro atoms. The van der Waals surface area contributed by atoms with E-state index >= 15 is 0 Å². The molecule has 3 rings (SSSR count). The molecule has 0 radical (unpaired) electrons. The van der Waals surface area contributed by atoms with Gasteiger partial charge in [-0.2, -0.15) is 0 Å². The van der Waals surface area contributed by atoms with Crippen LogP contribution in [0.5, 0.6) is 5.75 Å². The van der Waals surface area contributed by atoms with E-state index in [-0.39, 0.29) is 12.1 Å². The lowest BCUT2D eigenvalue weighted by molar-refractivity contribution is 0.0626. The molecule has 3 heteroatoms. The number of aryl methyl sites for hydroxylation is 1. The first-order valence-corrected chi connectivity index (χ1v) is 13.7. The largest absolute Gasteiger partial charge is 0.423 e. The van der Waals surface area contributed by atoms with E-state index in [1.165, 1.54) is 50.5 Å². The minimum absolute atomic E-state index is 0.0129. The summed E-state index contributed by atoms with van der Waals surface area (Å²) in [6.45, 7) is 7.29. The number of carbonyl (C=O) groups is 1. The average molecular weight is 487 g/mol. The van der Waals surface area contributed by atoms with Gasteiger partial charge < -0.3 is 9.47 Å². The van der Waals surface area contributed by atoms with Gasteiger partial charge in [-0.25, -0.2) is 4.79 Å². The average Bonchev–Trinajstić information content (AvgIpc) is 2.92. The van der Waals surface area contributed by atoms with E-state index in [1.807, 2.05) is 48.5 Å². The molecule has 3 nitrogen and oxygen atoms in total. The maximum Gasteiger partial charge on any atom is 0.343 e. The summed E-state index contributed by atoms with van der Waals surface area (Å²) in [5.41, 5.74) is 5.25. The predicted octanol–water partition coefficient (Wildman–Crippen LogP) is 9.35. The molecular weight excluding hydrogens is 444 g/mol. The topological polar surface area (TPSA) is 35.5 Å². The number of carbonyl (C=O) groups excluding carboxylic acids is 1. The van der Waals surface area contributed by atoms with Crippen molar-refractivity contribution in [2.24, 2.45) is 0 Å². The van der Waals surface area contributed by atoms with Crippen molar-refractivity contribution in [2.45, 2.75) is 84.7 Å². The van der Waals surface area contributed by atoms with E-state index in [1.54, 1.807) is 0 Å². The van der Waals surface area contributed by atoms with E-state index in [9.17, 15) is 4.79 Å². The highest BCUT2D eigenvalue weighted by atomic mass is 16.5. The zero-order valence-electron chi connectivity index (χ0n) is 22.3. The molecule has 0 saturated heterocycles. The van der Waals surface area contributed by atoms with E-state index in [4.69, 9.17) is 9.47 Å². The Bertz CT molecular complexity index is 1020. The van der Waals surface area contributed by atoms with Crippen LogP contribution in [0.1, 0.15) is 99.7 Å². The Morgan fingerprint density at radius 3 is 1.92 bits per heavy atom. The molecule has 192 valence electrons. The second-order valence-corrected chi connectivity index (χ2v) is 9.62. The fourth-order valence-electron chi connectivity index (χ4n) is 4.26. The molecule has 1 unspecified atom stereocenters. The molecule has 3 aromatic carbocycles. The molecule has 0 aromatic heterocycles. The quantitative estimate of drug-likeness (QED) is 0.122. The van der Waals surface area contributed by atoms with Gasteiger partial charge in [0.2, 0.25) is 0 Å². The fraction of sp³-hybridized carbons (Fsp3) is 0.424. The maximum atomic E-state index is 12.6. The number of unbranched alkanes of at least 4 members (excludes halogenated alkanes) is 6. The second-order valence-electron chi connectivity index (χ2n) is 9.62. The normalized spacial score (nSPS) is 11.9. The van der Waals surface area contributed by atoms with Crippen molar-refractivity contribution in [1.29, 1.82) is 0 Å². The molecule has 0 saturated carbocycles. The standard InChI is InChI=1S/C33H42O3/c1-4-6-8-9-10-11-25-35-26(3)28-17-19-31(20-18-28)33(34)36-32-23-21-30(22-24-32)29-15-13-27(14-16-29)12-7-5-2/h13-24,26H,4-12,25H2,1-3H3. The summed E-state index contributed by atoms with van der Waals surface area (Å²) in [7, 11) is 0. The maximum absolute atomic E-state index is 12.6. The van der Waals surface area contributed by atoms with Crippen molar-refractivity contribution in [2.75, 3.05) is 6.61 Å². The first-order valence-electron chi connectivity index (χ1n) is 13.7. The summed E-state index contributed by atoms with van der Waals surface area (Å²) < 4.78 is 11.6. The smallest absolute Gasteiger partial charge is 0.343 e. The van der Waals surface area contributed by atoms with Crippen molar-refractivity contribution < 1.29 is 14.3 Å². The summed E-state index contributed by atoms with van der Waals surface area (Å²) in [5, 5.41) is 0. The third-order valence-corrected chi connectivity index (χ3v) is 6.65. The molecule has 0 aliphatic carbocycles. The van der Waals surface area contributed by atoms with Gasteiger partial charge in [-0.15, -0.1) is 0 Å². The lowest BCUT2D eigenvalue weighted by Gasteiger charge is -2.14. The molecule has 36 heavy (non-hydrogen) atoms. The lowest BCUT2D eigenvalue weighted by Crippen LogP contribution is -2.09. The second kappa shape index (κ2) is 15.3. The Kier molecular flexibility index (Phi) is 11.7. The molecular formula is C33H42O3. The summed E-state index contributed by atoms with van der Waals surface area (Å²) in [6.07, 6.45) is 11.1. The first kappa shape index (κ1) is 27.7. The summed E-state index contributed by atoms with van der Waals surface area (Å²) in [6, 6.07) is 23.9. The number of ether oxygens (including phenoxy) is 2. The molecule has 0 N–H and O–H groups in total. The minimum Gasteiger partial charge on any atom is -0.423 e. The minimum atomic E-state index is -0.352. The van der Waals surface area contributed by atoms with E-state index in [2.05, 4.69) is 45.0 Å². The van der Waals surface area contributed by atoms with Crippen LogP contribution in [0.3, 0.4) is 0 Å². The number of esters is 1. The van der Waals surface area contributed by atoms with E-state index < -0.39 is 0 Å². The van der Waals surface area contributed by atoms with Crippen LogP contribution in [-0.4, -0.2) is 12.6 Å². The molecule has 1 atom stereocenters. The molecule has 0 fully saturated rings. The molecule has 0 heterocycles. The number of benzene rings is 3. The predicted molar refractivity (Wildman–Crippen MR) is 150 cm³/mol. The highest BCUT2D eigenvalue weighted by Crippen LogP contribution is 2.24. The number of hydrogen-bond donors (Lipinski definition) is 0. The van der Waals surface area contributed by atoms with Crippen LogP contribution in [0, 0.1) is 0 Å². The molecule has 0 amide bonds. The van der Waals surface area contributed by atoms with E-state index in [0.29, 0.717) is 11.3 Å². The Balaban J connectivity index is 1.46. The third-order valence-electron chi connectivity index (χ3n) is 6.65. The van der Waals surface area contributed by atoms with Gasteiger partial charge in [0, 0.05) is 6.61 Å². The fourth-order valence-corrected chi connectivity index (χ4v) is 4.26. The van der Waals surface area contributed by atoms with Crippen LogP contribution >= 0.6 is 0 Å². The van der Waals surface area contributed by atoms with Crippen molar-refractivity contribution >= 4 is 5.97 Å². The third kappa shape index (κ3) is 8.95. The van der Waals surface area contributed by atoms with Crippen LogP contribution in [-0.2, 0) is 11.2 Å². The summed E-state index contributed by atoms with van der Waals surface area (Å²) in [5.74, 6) is 0.193. The van der Waals surface area contributed by atoms with Crippen molar-refractivity contribution in [1.82, 2.24) is 0 Å². The zero-order valence-corrected chi connectivity index (χ0v) is 22.3. The molecule has 0 aliphatic rings. The Morgan fingerprint density at radius 2 is 1.28 bits per heavy atom. The van der Waals surface area contributed by atoms with Gasteiger partial charge in [0.05, 0.1) is 11.7 Å². The molecule has 0 bridgehead atoms. The van der Waals surface area contributed by atoms with Gasteiger partial charge >= 0.3 is 5.97 Å². The van der Waals surface area contributed by atoms with Gasteiger partial charge in [0.1, 0.15) is 5.75 Å². The van der Waals surface area contributed by atoms with Gasteiger partial charge in [-0.3, -0.25) is 0 Å². The van der Waals surface area contributed by atoms with Gasteiger partial charge in [0.15, 0.2) is 0 Å². The first-order chi connectivity index (χ1) is 17.6. The monoisotopic (exact) mass is 486 g/mol. The molecule has 0 aliphatic heterocycles. The van der Waals surface area contributed by atoms with Crippen LogP contribution in [0.15, 0.2) is 72.8 Å². The Hall–Kier alpha value is -2.91. The van der Waals surface area contributed by atoms with Crippen LogP contribution in [0.2, 0.25) is 0 Å². The highest BCUT2D eigenvalue weighted by molar-refractivity contribution is 5.91. The van der Waals surface area contributed by atoms with Crippen LogP contribution in [0.4, 0.5) is 0 Å². The van der Waals surface area contributed by atoms with E-state index in [0.717, 1.165) is 36.1 Å². The zero-order chi connectivity index (χ0) is 25.6. The lowest BCUT2D eigenvalue weighted by atomic mass is 10.0.